The SMILES string of the molecule is CCNc1cc(C)nc(CN(C)Cc2cccc(C)n2)n1. The molecule has 0 fully saturated rings. The van der Waals surface area contributed by atoms with Crippen LogP contribution in [0.15, 0.2) is 24.3 Å². The van der Waals surface area contributed by atoms with E-state index >= 15 is 0 Å². The maximum absolute atomic E-state index is 4.54. The van der Waals surface area contributed by atoms with Gasteiger partial charge in [-0.25, -0.2) is 9.97 Å². The molecule has 0 saturated heterocycles. The summed E-state index contributed by atoms with van der Waals surface area (Å²) in [5.74, 6) is 1.73. The van der Waals surface area contributed by atoms with Crippen LogP contribution in [-0.4, -0.2) is 33.4 Å². The summed E-state index contributed by atoms with van der Waals surface area (Å²) in [6.45, 7) is 8.42. The van der Waals surface area contributed by atoms with Gasteiger partial charge in [0.05, 0.1) is 12.2 Å². The van der Waals surface area contributed by atoms with E-state index in [0.717, 1.165) is 41.8 Å². The van der Waals surface area contributed by atoms with Crippen LogP contribution in [0.4, 0.5) is 5.82 Å². The highest BCUT2D eigenvalue weighted by atomic mass is 15.1. The quantitative estimate of drug-likeness (QED) is 0.884. The average molecular weight is 285 g/mol. The fourth-order valence-corrected chi connectivity index (χ4v) is 2.23. The normalized spacial score (nSPS) is 10.9. The minimum absolute atomic E-state index is 0.704. The molecule has 0 spiro atoms. The molecule has 21 heavy (non-hydrogen) atoms. The second-order valence-electron chi connectivity index (χ2n) is 5.28. The van der Waals surface area contributed by atoms with Crippen LogP contribution in [0.1, 0.15) is 29.8 Å². The van der Waals surface area contributed by atoms with Crippen molar-refractivity contribution in [3.05, 3.63) is 47.2 Å². The Kier molecular flexibility index (Phi) is 5.22. The van der Waals surface area contributed by atoms with Gasteiger partial charge in [-0.2, -0.15) is 0 Å². The van der Waals surface area contributed by atoms with Crippen LogP contribution in [0, 0.1) is 13.8 Å². The van der Waals surface area contributed by atoms with Gasteiger partial charge in [-0.15, -0.1) is 0 Å². The molecule has 0 radical (unpaired) electrons. The molecule has 0 aromatic carbocycles. The number of nitrogens with zero attached hydrogens (tertiary/aromatic N) is 4. The highest BCUT2D eigenvalue weighted by Crippen LogP contribution is 2.09. The number of anilines is 1. The van der Waals surface area contributed by atoms with Crippen LogP contribution in [0.25, 0.3) is 0 Å². The summed E-state index contributed by atoms with van der Waals surface area (Å²) in [5.41, 5.74) is 3.09. The number of aryl methyl sites for hydroxylation is 2. The van der Waals surface area contributed by atoms with Crippen molar-refractivity contribution in [2.75, 3.05) is 18.9 Å². The molecule has 0 aliphatic heterocycles. The van der Waals surface area contributed by atoms with Crippen LogP contribution in [-0.2, 0) is 13.1 Å². The highest BCUT2D eigenvalue weighted by molar-refractivity contribution is 5.35. The van der Waals surface area contributed by atoms with Crippen LogP contribution in [0.2, 0.25) is 0 Å². The van der Waals surface area contributed by atoms with Gasteiger partial charge in [0.2, 0.25) is 0 Å². The van der Waals surface area contributed by atoms with E-state index < -0.39 is 0 Å². The first kappa shape index (κ1) is 15.4. The molecule has 0 aliphatic carbocycles. The predicted octanol–water partition coefficient (Wildman–Crippen LogP) is 2.55. The lowest BCUT2D eigenvalue weighted by Gasteiger charge is -2.16. The van der Waals surface area contributed by atoms with Gasteiger partial charge >= 0.3 is 0 Å². The molecule has 0 amide bonds. The summed E-state index contributed by atoms with van der Waals surface area (Å²) >= 11 is 0. The number of aromatic nitrogens is 3. The van der Waals surface area contributed by atoms with Crippen LogP contribution in [0.5, 0.6) is 0 Å². The first-order valence-corrected chi connectivity index (χ1v) is 7.26. The average Bonchev–Trinajstić information content (AvgIpc) is 2.37. The Bertz CT molecular complexity index is 597. The Balaban J connectivity index is 2.03. The summed E-state index contributed by atoms with van der Waals surface area (Å²) in [6, 6.07) is 8.06. The topological polar surface area (TPSA) is 53.9 Å². The van der Waals surface area contributed by atoms with Gasteiger partial charge in [-0.05, 0) is 40.0 Å². The van der Waals surface area contributed by atoms with E-state index in [1.54, 1.807) is 0 Å². The molecule has 0 atom stereocenters. The monoisotopic (exact) mass is 285 g/mol. The molecular formula is C16H23N5. The van der Waals surface area contributed by atoms with Gasteiger partial charge in [0, 0.05) is 30.5 Å². The van der Waals surface area contributed by atoms with Crippen molar-refractivity contribution in [1.29, 1.82) is 0 Å². The Morgan fingerprint density at radius 2 is 1.86 bits per heavy atom. The maximum Gasteiger partial charge on any atom is 0.144 e. The molecule has 2 aromatic rings. The lowest BCUT2D eigenvalue weighted by atomic mass is 10.3. The molecule has 1 N–H and O–H groups in total. The summed E-state index contributed by atoms with van der Waals surface area (Å²) in [7, 11) is 2.06. The van der Waals surface area contributed by atoms with E-state index in [4.69, 9.17) is 0 Å². The van der Waals surface area contributed by atoms with E-state index in [0.29, 0.717) is 6.54 Å². The van der Waals surface area contributed by atoms with Crippen molar-refractivity contribution in [2.45, 2.75) is 33.9 Å². The minimum Gasteiger partial charge on any atom is -0.370 e. The van der Waals surface area contributed by atoms with E-state index in [9.17, 15) is 0 Å². The zero-order valence-electron chi connectivity index (χ0n) is 13.2. The zero-order chi connectivity index (χ0) is 15.2. The van der Waals surface area contributed by atoms with Crippen molar-refractivity contribution in [3.8, 4) is 0 Å². The second-order valence-corrected chi connectivity index (χ2v) is 5.28. The molecule has 0 bridgehead atoms. The Morgan fingerprint density at radius 3 is 2.57 bits per heavy atom. The Labute approximate surface area is 126 Å². The molecule has 5 nitrogen and oxygen atoms in total. The van der Waals surface area contributed by atoms with Crippen molar-refractivity contribution in [2.24, 2.45) is 0 Å². The molecule has 5 heteroatoms. The van der Waals surface area contributed by atoms with Crippen LogP contribution < -0.4 is 5.32 Å². The Hall–Kier alpha value is -2.01. The molecule has 0 saturated carbocycles. The summed E-state index contributed by atoms with van der Waals surface area (Å²) < 4.78 is 0. The molecule has 2 rings (SSSR count). The third-order valence-corrected chi connectivity index (χ3v) is 3.05. The van der Waals surface area contributed by atoms with Gasteiger partial charge < -0.3 is 5.32 Å². The van der Waals surface area contributed by atoms with Crippen molar-refractivity contribution < 1.29 is 0 Å². The van der Waals surface area contributed by atoms with Gasteiger partial charge in [0.25, 0.3) is 0 Å². The standard InChI is InChI=1S/C16H23N5/c1-5-17-15-9-13(3)19-16(20-15)11-21(4)10-14-8-6-7-12(2)18-14/h6-9H,5,10-11H2,1-4H3,(H,17,19,20). The number of rotatable bonds is 6. The molecule has 0 aliphatic rings. The van der Waals surface area contributed by atoms with Crippen molar-refractivity contribution in [3.63, 3.8) is 0 Å². The van der Waals surface area contributed by atoms with Crippen LogP contribution >= 0.6 is 0 Å². The smallest absolute Gasteiger partial charge is 0.144 e. The molecule has 2 aromatic heterocycles. The zero-order valence-corrected chi connectivity index (χ0v) is 13.2. The summed E-state index contributed by atoms with van der Waals surface area (Å²) in [5, 5.41) is 3.24. The summed E-state index contributed by atoms with van der Waals surface area (Å²) in [6.07, 6.45) is 0. The van der Waals surface area contributed by atoms with E-state index in [-0.39, 0.29) is 0 Å². The second kappa shape index (κ2) is 7.13. The third kappa shape index (κ3) is 4.79. The largest absolute Gasteiger partial charge is 0.370 e. The van der Waals surface area contributed by atoms with Gasteiger partial charge in [-0.1, -0.05) is 6.07 Å². The first-order valence-electron chi connectivity index (χ1n) is 7.26. The van der Waals surface area contributed by atoms with Crippen molar-refractivity contribution in [1.82, 2.24) is 19.9 Å². The van der Waals surface area contributed by atoms with E-state index in [1.807, 2.05) is 38.1 Å². The molecule has 2 heterocycles. The van der Waals surface area contributed by atoms with E-state index in [1.165, 1.54) is 0 Å². The number of nitrogens with one attached hydrogen (secondary N) is 1. The Morgan fingerprint density at radius 1 is 1.05 bits per heavy atom. The first-order chi connectivity index (χ1) is 10.1. The predicted molar refractivity (Wildman–Crippen MR) is 85.1 cm³/mol. The lowest BCUT2D eigenvalue weighted by molar-refractivity contribution is 0.306. The highest BCUT2D eigenvalue weighted by Gasteiger charge is 2.07. The van der Waals surface area contributed by atoms with Gasteiger partial charge in [-0.3, -0.25) is 9.88 Å². The summed E-state index contributed by atoms with van der Waals surface area (Å²) in [4.78, 5) is 15.7. The number of hydrogen-bond donors (Lipinski definition) is 1. The van der Waals surface area contributed by atoms with Gasteiger partial charge in [0.15, 0.2) is 0 Å². The van der Waals surface area contributed by atoms with Gasteiger partial charge in [0.1, 0.15) is 11.6 Å². The third-order valence-electron chi connectivity index (χ3n) is 3.05. The lowest BCUT2D eigenvalue weighted by Crippen LogP contribution is -2.20. The molecule has 112 valence electrons. The molecule has 0 unspecified atom stereocenters. The fourth-order valence-electron chi connectivity index (χ4n) is 2.23. The van der Waals surface area contributed by atoms with E-state index in [2.05, 4.69) is 39.1 Å². The van der Waals surface area contributed by atoms with Crippen LogP contribution in [0.3, 0.4) is 0 Å². The minimum atomic E-state index is 0.704. The molecular weight excluding hydrogens is 262 g/mol. The number of hydrogen-bond acceptors (Lipinski definition) is 5. The maximum atomic E-state index is 4.54. The fraction of sp³-hybridized carbons (Fsp3) is 0.438. The number of pyridine rings is 1. The van der Waals surface area contributed by atoms with Crippen molar-refractivity contribution >= 4 is 5.82 Å².